The van der Waals surface area contributed by atoms with Crippen LogP contribution in [-0.2, 0) is 4.79 Å². The number of benzene rings is 2. The van der Waals surface area contributed by atoms with Gasteiger partial charge in [-0.15, -0.1) is 0 Å². The Labute approximate surface area is 211 Å². The zero-order valence-corrected chi connectivity index (χ0v) is 21.5. The van der Waals surface area contributed by atoms with E-state index < -0.39 is 5.92 Å². The first-order valence-electron chi connectivity index (χ1n) is 11.6. The first kappa shape index (κ1) is 25.0. The highest BCUT2D eigenvalue weighted by Crippen LogP contribution is 2.52. The third-order valence-electron chi connectivity index (χ3n) is 6.73. The van der Waals surface area contributed by atoms with Crippen LogP contribution in [0.5, 0.6) is 23.0 Å². The Morgan fingerprint density at radius 3 is 2.08 bits per heavy atom. The molecule has 4 rings (SSSR count). The maximum Gasteiger partial charge on any atom is 0.203 e. The van der Waals surface area contributed by atoms with Crippen LogP contribution < -0.4 is 29.6 Å². The summed E-state index contributed by atoms with van der Waals surface area (Å²) in [5, 5.41) is 10.3. The number of hydrogen-bond donors (Lipinski definition) is 1. The molecule has 0 saturated carbocycles. The molecular weight excluding hydrogens is 458 g/mol. The van der Waals surface area contributed by atoms with E-state index in [4.69, 9.17) is 24.7 Å². The van der Waals surface area contributed by atoms with Crippen LogP contribution >= 0.6 is 0 Å². The van der Waals surface area contributed by atoms with E-state index in [0.29, 0.717) is 47.0 Å². The van der Waals surface area contributed by atoms with Gasteiger partial charge in [0.15, 0.2) is 17.3 Å². The second kappa shape index (κ2) is 9.50. The minimum atomic E-state index is -0.670. The Kier molecular flexibility index (Phi) is 6.59. The third kappa shape index (κ3) is 4.11. The lowest BCUT2D eigenvalue weighted by Gasteiger charge is -2.43. The largest absolute Gasteiger partial charge is 0.497 e. The highest BCUT2D eigenvalue weighted by Gasteiger charge is 2.45. The van der Waals surface area contributed by atoms with Crippen molar-refractivity contribution in [3.8, 4) is 29.1 Å². The quantitative estimate of drug-likeness (QED) is 0.624. The van der Waals surface area contributed by atoms with E-state index >= 15 is 0 Å². The summed E-state index contributed by atoms with van der Waals surface area (Å²) in [4.78, 5) is 15.6. The molecule has 8 nitrogen and oxygen atoms in total. The van der Waals surface area contributed by atoms with Gasteiger partial charge in [0, 0.05) is 23.4 Å². The lowest BCUT2D eigenvalue weighted by Crippen LogP contribution is -2.42. The molecular formula is C28H31N3O5. The molecule has 2 aromatic rings. The summed E-state index contributed by atoms with van der Waals surface area (Å²) in [6.45, 7) is 4.13. The van der Waals surface area contributed by atoms with Gasteiger partial charge >= 0.3 is 0 Å². The third-order valence-corrected chi connectivity index (χ3v) is 6.73. The summed E-state index contributed by atoms with van der Waals surface area (Å²) >= 11 is 0. The van der Waals surface area contributed by atoms with Crippen LogP contribution in [0.1, 0.15) is 38.2 Å². The smallest absolute Gasteiger partial charge is 0.203 e. The second-order valence-corrected chi connectivity index (χ2v) is 9.64. The Morgan fingerprint density at radius 1 is 0.972 bits per heavy atom. The van der Waals surface area contributed by atoms with Gasteiger partial charge in [0.05, 0.1) is 46.0 Å². The summed E-state index contributed by atoms with van der Waals surface area (Å²) in [5.74, 6) is 1.60. The summed E-state index contributed by atoms with van der Waals surface area (Å²) in [5.41, 5.74) is 9.50. The number of rotatable bonds is 6. The highest BCUT2D eigenvalue weighted by molar-refractivity contribution is 6.01. The number of anilines is 1. The van der Waals surface area contributed by atoms with Gasteiger partial charge in [-0.3, -0.25) is 9.69 Å². The van der Waals surface area contributed by atoms with E-state index in [1.807, 2.05) is 29.2 Å². The number of nitriles is 1. The Bertz CT molecular complexity index is 1280. The Morgan fingerprint density at radius 2 is 1.58 bits per heavy atom. The first-order chi connectivity index (χ1) is 17.2. The fraction of sp³-hybridized carbons (Fsp3) is 0.357. The van der Waals surface area contributed by atoms with Crippen molar-refractivity contribution in [1.82, 2.24) is 0 Å². The molecule has 0 amide bonds. The van der Waals surface area contributed by atoms with Gasteiger partial charge in [-0.1, -0.05) is 13.8 Å². The predicted octanol–water partition coefficient (Wildman–Crippen LogP) is 4.66. The number of nitrogens with two attached hydrogens (primary N) is 1. The lowest BCUT2D eigenvalue weighted by atomic mass is 9.68. The Balaban J connectivity index is 2.00. The fourth-order valence-corrected chi connectivity index (χ4v) is 5.14. The van der Waals surface area contributed by atoms with Gasteiger partial charge in [-0.25, -0.2) is 0 Å². The zero-order chi connectivity index (χ0) is 26.2. The lowest BCUT2D eigenvalue weighted by molar-refractivity contribution is -0.118. The van der Waals surface area contributed by atoms with Gasteiger partial charge < -0.3 is 24.7 Å². The molecule has 0 fully saturated rings. The first-order valence-corrected chi connectivity index (χ1v) is 11.6. The van der Waals surface area contributed by atoms with E-state index in [1.54, 1.807) is 19.2 Å². The number of Topliss-reactive ketones (excluding diaryl/α,β-unsaturated/α-hetero) is 1. The summed E-state index contributed by atoms with van der Waals surface area (Å²) < 4.78 is 21.9. The van der Waals surface area contributed by atoms with E-state index in [0.717, 1.165) is 11.4 Å². The number of carbonyl (C=O) groups excluding carboxylic acids is 1. The van der Waals surface area contributed by atoms with Gasteiger partial charge in [0.1, 0.15) is 11.6 Å². The van der Waals surface area contributed by atoms with Crippen molar-refractivity contribution in [2.45, 2.75) is 32.6 Å². The summed E-state index contributed by atoms with van der Waals surface area (Å²) in [6, 6.07) is 13.2. The molecule has 0 saturated heterocycles. The van der Waals surface area contributed by atoms with Crippen molar-refractivity contribution in [3.63, 3.8) is 0 Å². The maximum atomic E-state index is 13.7. The summed E-state index contributed by atoms with van der Waals surface area (Å²) in [7, 11) is 6.19. The molecule has 1 atom stereocenters. The zero-order valence-electron chi connectivity index (χ0n) is 21.5. The minimum absolute atomic E-state index is 0.0150. The molecule has 188 valence electrons. The van der Waals surface area contributed by atoms with Crippen LogP contribution in [0.2, 0.25) is 0 Å². The molecule has 1 aliphatic carbocycles. The molecule has 0 bridgehead atoms. The maximum absolute atomic E-state index is 13.7. The molecule has 1 aliphatic heterocycles. The SMILES string of the molecule is COc1ccc(N2C(N)=C(C#N)[C@H](c3cc(OC)c(OC)c(OC)c3)C3=C2CC(C)(C)CC3=O)cc1. The number of ether oxygens (including phenoxy) is 4. The highest BCUT2D eigenvalue weighted by atomic mass is 16.5. The molecule has 2 N–H and O–H groups in total. The normalized spacial score (nSPS) is 19.0. The van der Waals surface area contributed by atoms with Crippen molar-refractivity contribution < 1.29 is 23.7 Å². The average Bonchev–Trinajstić information content (AvgIpc) is 2.86. The molecule has 8 heteroatoms. The average molecular weight is 490 g/mol. The van der Waals surface area contributed by atoms with Crippen LogP contribution in [0.25, 0.3) is 0 Å². The summed E-state index contributed by atoms with van der Waals surface area (Å²) in [6.07, 6.45) is 0.974. The van der Waals surface area contributed by atoms with E-state index in [-0.39, 0.29) is 22.6 Å². The Hall–Kier alpha value is -4.12. The number of carbonyl (C=O) groups is 1. The number of allylic oxidation sites excluding steroid dienone is 3. The molecule has 2 aromatic carbocycles. The van der Waals surface area contributed by atoms with E-state index in [9.17, 15) is 10.1 Å². The van der Waals surface area contributed by atoms with Crippen LogP contribution in [0.4, 0.5) is 5.69 Å². The van der Waals surface area contributed by atoms with E-state index in [2.05, 4.69) is 19.9 Å². The number of methoxy groups -OCH3 is 4. The van der Waals surface area contributed by atoms with Gasteiger partial charge in [0.2, 0.25) is 5.75 Å². The van der Waals surface area contributed by atoms with Crippen molar-refractivity contribution in [2.75, 3.05) is 33.3 Å². The van der Waals surface area contributed by atoms with Crippen molar-refractivity contribution in [1.29, 1.82) is 5.26 Å². The topological polar surface area (TPSA) is 107 Å². The molecule has 2 aliphatic rings. The fourth-order valence-electron chi connectivity index (χ4n) is 5.14. The molecule has 0 unspecified atom stereocenters. The monoisotopic (exact) mass is 489 g/mol. The van der Waals surface area contributed by atoms with Gasteiger partial charge in [0.25, 0.3) is 0 Å². The standard InChI is InChI=1S/C28H31N3O5/c1-28(2)13-20-25(21(32)14-28)24(16-11-22(34-4)26(36-6)23(12-16)35-5)19(15-29)27(30)31(20)17-7-9-18(33-3)10-8-17/h7-12,24H,13-14,30H2,1-6H3/t24-/m0/s1. The van der Waals surface area contributed by atoms with Gasteiger partial charge in [-0.2, -0.15) is 5.26 Å². The van der Waals surface area contributed by atoms with Gasteiger partial charge in [-0.05, 0) is 53.8 Å². The molecule has 0 radical (unpaired) electrons. The van der Waals surface area contributed by atoms with Crippen LogP contribution in [0.3, 0.4) is 0 Å². The van der Waals surface area contributed by atoms with Crippen LogP contribution in [0, 0.1) is 16.7 Å². The number of ketones is 1. The van der Waals surface area contributed by atoms with Crippen LogP contribution in [-0.4, -0.2) is 34.2 Å². The molecule has 36 heavy (non-hydrogen) atoms. The van der Waals surface area contributed by atoms with Crippen molar-refractivity contribution in [3.05, 3.63) is 64.6 Å². The van der Waals surface area contributed by atoms with Crippen molar-refractivity contribution >= 4 is 11.5 Å². The minimum Gasteiger partial charge on any atom is -0.497 e. The predicted molar refractivity (Wildman–Crippen MR) is 136 cm³/mol. The molecule has 0 aromatic heterocycles. The molecule has 1 heterocycles. The van der Waals surface area contributed by atoms with Crippen LogP contribution in [0.15, 0.2) is 59.1 Å². The molecule has 0 spiro atoms. The number of hydrogen-bond acceptors (Lipinski definition) is 8. The second-order valence-electron chi connectivity index (χ2n) is 9.64. The van der Waals surface area contributed by atoms with E-state index in [1.165, 1.54) is 21.3 Å². The number of nitrogens with zero attached hydrogens (tertiary/aromatic N) is 2. The van der Waals surface area contributed by atoms with Crippen molar-refractivity contribution in [2.24, 2.45) is 11.1 Å².